The molecular formula is C19H19NO5. The highest BCUT2D eigenvalue weighted by Gasteiger charge is 2.19. The summed E-state index contributed by atoms with van der Waals surface area (Å²) < 4.78 is 15.8. The quantitative estimate of drug-likeness (QED) is 0.697. The van der Waals surface area contributed by atoms with Crippen LogP contribution < -0.4 is 5.32 Å². The van der Waals surface area contributed by atoms with Crippen molar-refractivity contribution in [2.75, 3.05) is 0 Å². The topological polar surface area (TPSA) is 81.7 Å². The van der Waals surface area contributed by atoms with Gasteiger partial charge in [0.05, 0.1) is 25.5 Å². The molecule has 1 aromatic carbocycles. The average Bonchev–Trinajstić information content (AvgIpc) is 3.22. The van der Waals surface area contributed by atoms with Gasteiger partial charge in [0.1, 0.15) is 11.3 Å². The lowest BCUT2D eigenvalue weighted by Gasteiger charge is -2.12. The van der Waals surface area contributed by atoms with E-state index in [9.17, 15) is 9.59 Å². The van der Waals surface area contributed by atoms with Crippen molar-refractivity contribution in [1.29, 1.82) is 0 Å². The Morgan fingerprint density at radius 2 is 2.08 bits per heavy atom. The van der Waals surface area contributed by atoms with Crippen LogP contribution >= 0.6 is 0 Å². The highest BCUT2D eigenvalue weighted by atomic mass is 16.5. The molecule has 0 fully saturated rings. The molecule has 1 unspecified atom stereocenters. The SMILES string of the molecule is Cc1ccc2c(CC(=O)OC(C)C(=O)NCc3ccco3)coc2c1. The molecule has 1 atom stereocenters. The molecule has 0 aliphatic heterocycles. The minimum Gasteiger partial charge on any atom is -0.467 e. The second-order valence-electron chi connectivity index (χ2n) is 5.87. The maximum atomic E-state index is 12.1. The predicted molar refractivity (Wildman–Crippen MR) is 90.8 cm³/mol. The number of aryl methyl sites for hydroxylation is 1. The fourth-order valence-corrected chi connectivity index (χ4v) is 2.51. The Morgan fingerprint density at radius 1 is 1.24 bits per heavy atom. The first-order chi connectivity index (χ1) is 12.0. The molecule has 0 bridgehead atoms. The van der Waals surface area contributed by atoms with Crippen LogP contribution in [-0.4, -0.2) is 18.0 Å². The molecule has 3 aromatic rings. The van der Waals surface area contributed by atoms with E-state index < -0.39 is 12.1 Å². The van der Waals surface area contributed by atoms with E-state index in [-0.39, 0.29) is 18.9 Å². The van der Waals surface area contributed by atoms with Crippen LogP contribution in [-0.2, 0) is 27.3 Å². The maximum absolute atomic E-state index is 12.1. The first-order valence-corrected chi connectivity index (χ1v) is 7.99. The molecule has 1 amide bonds. The molecule has 0 spiro atoms. The Bertz CT molecular complexity index is 879. The number of hydrogen-bond acceptors (Lipinski definition) is 5. The zero-order valence-electron chi connectivity index (χ0n) is 14.1. The second kappa shape index (κ2) is 7.25. The van der Waals surface area contributed by atoms with Crippen LogP contribution in [0.3, 0.4) is 0 Å². The summed E-state index contributed by atoms with van der Waals surface area (Å²) in [5.74, 6) is -0.228. The van der Waals surface area contributed by atoms with Gasteiger partial charge in [0, 0.05) is 10.9 Å². The fourth-order valence-electron chi connectivity index (χ4n) is 2.51. The lowest BCUT2D eigenvalue weighted by Crippen LogP contribution is -2.35. The smallest absolute Gasteiger partial charge is 0.311 e. The van der Waals surface area contributed by atoms with E-state index in [1.807, 2.05) is 25.1 Å². The van der Waals surface area contributed by atoms with Crippen LogP contribution in [0.1, 0.15) is 23.8 Å². The number of hydrogen-bond donors (Lipinski definition) is 1. The van der Waals surface area contributed by atoms with Gasteiger partial charge in [-0.2, -0.15) is 0 Å². The van der Waals surface area contributed by atoms with Crippen LogP contribution in [0.4, 0.5) is 0 Å². The van der Waals surface area contributed by atoms with E-state index in [2.05, 4.69) is 5.32 Å². The number of carbonyl (C=O) groups excluding carboxylic acids is 2. The van der Waals surface area contributed by atoms with E-state index in [1.165, 1.54) is 13.2 Å². The van der Waals surface area contributed by atoms with Gasteiger partial charge < -0.3 is 18.9 Å². The predicted octanol–water partition coefficient (Wildman–Crippen LogP) is 3.12. The van der Waals surface area contributed by atoms with Crippen molar-refractivity contribution in [1.82, 2.24) is 5.32 Å². The summed E-state index contributed by atoms with van der Waals surface area (Å²) in [6, 6.07) is 9.27. The summed E-state index contributed by atoms with van der Waals surface area (Å²) in [6.07, 6.45) is 2.24. The Hall–Kier alpha value is -3.02. The Kier molecular flexibility index (Phi) is 4.88. The lowest BCUT2D eigenvalue weighted by atomic mass is 10.1. The number of carbonyl (C=O) groups is 2. The summed E-state index contributed by atoms with van der Waals surface area (Å²) in [6.45, 7) is 3.75. The van der Waals surface area contributed by atoms with Crippen molar-refractivity contribution >= 4 is 22.8 Å². The summed E-state index contributed by atoms with van der Waals surface area (Å²) in [4.78, 5) is 24.1. The Labute approximate surface area is 144 Å². The van der Waals surface area contributed by atoms with Gasteiger partial charge in [-0.15, -0.1) is 0 Å². The lowest BCUT2D eigenvalue weighted by molar-refractivity contribution is -0.154. The fraction of sp³-hybridized carbons (Fsp3) is 0.263. The van der Waals surface area contributed by atoms with E-state index in [4.69, 9.17) is 13.6 Å². The minimum absolute atomic E-state index is 0.0475. The number of fused-ring (bicyclic) bond motifs is 1. The summed E-state index contributed by atoms with van der Waals surface area (Å²) in [5.41, 5.74) is 2.55. The van der Waals surface area contributed by atoms with Crippen molar-refractivity contribution in [2.24, 2.45) is 0 Å². The average molecular weight is 341 g/mol. The third-order valence-corrected chi connectivity index (χ3v) is 3.84. The molecule has 0 aliphatic carbocycles. The first-order valence-electron chi connectivity index (χ1n) is 7.99. The Morgan fingerprint density at radius 3 is 2.84 bits per heavy atom. The van der Waals surface area contributed by atoms with Crippen molar-refractivity contribution in [3.63, 3.8) is 0 Å². The molecule has 0 saturated carbocycles. The summed E-state index contributed by atoms with van der Waals surface area (Å²) in [5, 5.41) is 3.53. The van der Waals surface area contributed by atoms with E-state index in [0.717, 1.165) is 22.1 Å². The van der Waals surface area contributed by atoms with Crippen LogP contribution in [0.2, 0.25) is 0 Å². The zero-order valence-corrected chi connectivity index (χ0v) is 14.1. The van der Waals surface area contributed by atoms with Crippen molar-refractivity contribution in [3.05, 3.63) is 59.7 Å². The summed E-state index contributed by atoms with van der Waals surface area (Å²) in [7, 11) is 0. The second-order valence-corrected chi connectivity index (χ2v) is 5.87. The van der Waals surface area contributed by atoms with Gasteiger partial charge in [-0.05, 0) is 37.6 Å². The number of esters is 1. The Balaban J connectivity index is 1.54. The largest absolute Gasteiger partial charge is 0.467 e. The molecule has 0 aliphatic rings. The van der Waals surface area contributed by atoms with Crippen molar-refractivity contribution in [3.8, 4) is 0 Å². The van der Waals surface area contributed by atoms with Crippen LogP contribution in [0.25, 0.3) is 11.0 Å². The van der Waals surface area contributed by atoms with E-state index >= 15 is 0 Å². The van der Waals surface area contributed by atoms with Gasteiger partial charge in [-0.25, -0.2) is 0 Å². The van der Waals surface area contributed by atoms with Gasteiger partial charge in [-0.1, -0.05) is 12.1 Å². The molecule has 3 rings (SSSR count). The minimum atomic E-state index is -0.886. The number of rotatable bonds is 6. The van der Waals surface area contributed by atoms with Gasteiger partial charge >= 0.3 is 5.97 Å². The molecule has 2 heterocycles. The van der Waals surface area contributed by atoms with Crippen LogP contribution in [0, 0.1) is 6.92 Å². The number of ether oxygens (including phenoxy) is 1. The van der Waals surface area contributed by atoms with E-state index in [1.54, 1.807) is 18.4 Å². The number of nitrogens with one attached hydrogen (secondary N) is 1. The molecule has 0 saturated heterocycles. The monoisotopic (exact) mass is 341 g/mol. The molecule has 6 nitrogen and oxygen atoms in total. The molecule has 6 heteroatoms. The van der Waals surface area contributed by atoms with Gasteiger partial charge in [-0.3, -0.25) is 9.59 Å². The number of furan rings is 2. The zero-order chi connectivity index (χ0) is 17.8. The highest BCUT2D eigenvalue weighted by Crippen LogP contribution is 2.23. The number of benzene rings is 1. The van der Waals surface area contributed by atoms with Crippen molar-refractivity contribution < 1.29 is 23.2 Å². The van der Waals surface area contributed by atoms with Crippen LogP contribution in [0.15, 0.2) is 51.7 Å². The van der Waals surface area contributed by atoms with Gasteiger partial charge in [0.25, 0.3) is 5.91 Å². The highest BCUT2D eigenvalue weighted by molar-refractivity contribution is 5.88. The molecular weight excluding hydrogens is 322 g/mol. The third kappa shape index (κ3) is 4.09. The molecule has 130 valence electrons. The van der Waals surface area contributed by atoms with Gasteiger partial charge in [0.15, 0.2) is 6.10 Å². The summed E-state index contributed by atoms with van der Waals surface area (Å²) >= 11 is 0. The van der Waals surface area contributed by atoms with Crippen LogP contribution in [0.5, 0.6) is 0 Å². The first kappa shape index (κ1) is 16.8. The number of amides is 1. The molecule has 0 radical (unpaired) electrons. The maximum Gasteiger partial charge on any atom is 0.311 e. The molecule has 2 aromatic heterocycles. The molecule has 25 heavy (non-hydrogen) atoms. The van der Waals surface area contributed by atoms with E-state index in [0.29, 0.717) is 5.76 Å². The van der Waals surface area contributed by atoms with Crippen molar-refractivity contribution in [2.45, 2.75) is 32.9 Å². The third-order valence-electron chi connectivity index (χ3n) is 3.84. The molecule has 1 N–H and O–H groups in total. The standard InChI is InChI=1S/C19H19NO5/c1-12-5-6-16-14(11-24-17(16)8-12)9-18(21)25-13(2)19(22)20-10-15-4-3-7-23-15/h3-8,11,13H,9-10H2,1-2H3,(H,20,22). The van der Waals surface area contributed by atoms with Gasteiger partial charge in [0.2, 0.25) is 0 Å². The normalized spacial score (nSPS) is 12.1.